The second kappa shape index (κ2) is 9.30. The minimum Gasteiger partial charge on any atom is -0.482 e. The summed E-state index contributed by atoms with van der Waals surface area (Å²) < 4.78 is 5.86. The number of benzene rings is 1. The van der Waals surface area contributed by atoms with Crippen LogP contribution < -0.4 is 10.1 Å². The van der Waals surface area contributed by atoms with Crippen molar-refractivity contribution in [1.82, 2.24) is 5.32 Å². The second-order valence-electron chi connectivity index (χ2n) is 5.13. The number of ether oxygens (including phenoxy) is 1. The lowest BCUT2D eigenvalue weighted by Crippen LogP contribution is -2.24. The molecule has 0 fully saturated rings. The van der Waals surface area contributed by atoms with E-state index < -0.39 is 12.6 Å². The summed E-state index contributed by atoms with van der Waals surface area (Å²) >= 11 is 7.46. The number of carboxylic acid groups (broad SMARTS) is 1. The van der Waals surface area contributed by atoms with Crippen molar-refractivity contribution in [3.05, 3.63) is 51.2 Å². The Morgan fingerprint density at radius 2 is 2.04 bits per heavy atom. The number of hydrogen-bond donors (Lipinski definition) is 2. The maximum Gasteiger partial charge on any atom is 0.341 e. The quantitative estimate of drug-likeness (QED) is 0.664. The molecule has 0 unspecified atom stereocenters. The van der Waals surface area contributed by atoms with Gasteiger partial charge in [-0.3, -0.25) is 4.79 Å². The van der Waals surface area contributed by atoms with Gasteiger partial charge < -0.3 is 15.2 Å². The minimum absolute atomic E-state index is 0.199. The predicted molar refractivity (Wildman–Crippen MR) is 94.2 cm³/mol. The molecule has 1 amide bonds. The molecule has 2 N–H and O–H groups in total. The van der Waals surface area contributed by atoms with E-state index in [4.69, 9.17) is 21.4 Å². The molecule has 0 aliphatic rings. The number of rotatable bonds is 9. The van der Waals surface area contributed by atoms with E-state index in [0.29, 0.717) is 17.9 Å². The number of amides is 1. The summed E-state index contributed by atoms with van der Waals surface area (Å²) in [6.07, 6.45) is 2.79. The van der Waals surface area contributed by atoms with Gasteiger partial charge in [-0.05, 0) is 49.6 Å². The van der Waals surface area contributed by atoms with Gasteiger partial charge in [0.2, 0.25) is 0 Å². The maximum atomic E-state index is 12.1. The number of nitrogens with one attached hydrogen (secondary N) is 1. The number of carboxylic acids is 1. The molecule has 1 aromatic heterocycles. The second-order valence-corrected chi connectivity index (χ2v) is 6.93. The van der Waals surface area contributed by atoms with Crippen LogP contribution in [0.4, 0.5) is 0 Å². The van der Waals surface area contributed by atoms with Crippen LogP contribution in [0, 0.1) is 0 Å². The molecule has 1 heterocycles. The van der Waals surface area contributed by atoms with E-state index in [-0.39, 0.29) is 5.91 Å². The molecule has 0 aliphatic heterocycles. The zero-order valence-corrected chi connectivity index (χ0v) is 14.5. The Morgan fingerprint density at radius 1 is 1.21 bits per heavy atom. The highest BCUT2D eigenvalue weighted by molar-refractivity contribution is 7.16. The van der Waals surface area contributed by atoms with Crippen LogP contribution in [0.3, 0.4) is 0 Å². The smallest absolute Gasteiger partial charge is 0.341 e. The minimum atomic E-state index is -1.06. The standard InChI is InChI=1S/C17H18ClNO4S/c18-15-8-7-14(24-15)6-1-2-9-19-17(22)12-4-3-5-13(10-12)23-11-16(20)21/h3-5,7-8,10H,1-2,6,9,11H2,(H,19,22)(H,20,21). The van der Waals surface area contributed by atoms with Crippen molar-refractivity contribution in [2.45, 2.75) is 19.3 Å². The van der Waals surface area contributed by atoms with E-state index in [1.54, 1.807) is 29.5 Å². The number of thiophene rings is 1. The molecule has 2 rings (SSSR count). The van der Waals surface area contributed by atoms with Gasteiger partial charge in [0, 0.05) is 17.0 Å². The van der Waals surface area contributed by atoms with Crippen molar-refractivity contribution in [1.29, 1.82) is 0 Å². The van der Waals surface area contributed by atoms with Crippen LogP contribution in [0.1, 0.15) is 28.1 Å². The molecule has 2 aromatic rings. The average Bonchev–Trinajstić information content (AvgIpc) is 2.98. The van der Waals surface area contributed by atoms with Crippen molar-refractivity contribution in [2.24, 2.45) is 0 Å². The summed E-state index contributed by atoms with van der Waals surface area (Å²) in [6.45, 7) is 0.149. The molecular weight excluding hydrogens is 350 g/mol. The third-order valence-electron chi connectivity index (χ3n) is 3.22. The van der Waals surface area contributed by atoms with Gasteiger partial charge >= 0.3 is 5.97 Å². The molecule has 0 saturated heterocycles. The molecule has 0 spiro atoms. The first-order chi connectivity index (χ1) is 11.5. The van der Waals surface area contributed by atoms with E-state index in [1.165, 1.54) is 10.9 Å². The Bertz CT molecular complexity index is 701. The molecule has 5 nitrogen and oxygen atoms in total. The summed E-state index contributed by atoms with van der Waals surface area (Å²) in [5.74, 6) is -0.897. The molecule has 0 aliphatic carbocycles. The van der Waals surface area contributed by atoms with Crippen molar-refractivity contribution in [3.8, 4) is 5.75 Å². The van der Waals surface area contributed by atoms with E-state index in [2.05, 4.69) is 5.32 Å². The third kappa shape index (κ3) is 6.22. The Kier molecular flexibility index (Phi) is 7.08. The summed E-state index contributed by atoms with van der Waals surface area (Å²) in [5.41, 5.74) is 0.447. The van der Waals surface area contributed by atoms with Gasteiger partial charge in [0.25, 0.3) is 5.91 Å². The topological polar surface area (TPSA) is 75.6 Å². The zero-order valence-electron chi connectivity index (χ0n) is 13.0. The van der Waals surface area contributed by atoms with Gasteiger partial charge in [0.05, 0.1) is 4.34 Å². The highest BCUT2D eigenvalue weighted by Gasteiger charge is 2.07. The highest BCUT2D eigenvalue weighted by atomic mass is 35.5. The highest BCUT2D eigenvalue weighted by Crippen LogP contribution is 2.22. The van der Waals surface area contributed by atoms with Crippen LogP contribution in [-0.4, -0.2) is 30.1 Å². The van der Waals surface area contributed by atoms with Gasteiger partial charge in [-0.2, -0.15) is 0 Å². The molecule has 0 radical (unpaired) electrons. The van der Waals surface area contributed by atoms with Crippen LogP contribution in [0.2, 0.25) is 4.34 Å². The molecule has 0 atom stereocenters. The fraction of sp³-hybridized carbons (Fsp3) is 0.294. The molecule has 1 aromatic carbocycles. The lowest BCUT2D eigenvalue weighted by atomic mass is 10.2. The van der Waals surface area contributed by atoms with Crippen molar-refractivity contribution >= 4 is 34.8 Å². The van der Waals surface area contributed by atoms with Crippen molar-refractivity contribution in [2.75, 3.05) is 13.2 Å². The first kappa shape index (κ1) is 18.3. The number of hydrogen-bond acceptors (Lipinski definition) is 4. The SMILES string of the molecule is O=C(O)COc1cccc(C(=O)NCCCCc2ccc(Cl)s2)c1. The normalized spacial score (nSPS) is 10.4. The summed E-state index contributed by atoms with van der Waals surface area (Å²) in [7, 11) is 0. The first-order valence-corrected chi connectivity index (χ1v) is 8.71. The average molecular weight is 368 g/mol. The summed E-state index contributed by atoms with van der Waals surface area (Å²) in [4.78, 5) is 23.8. The monoisotopic (exact) mass is 367 g/mol. The van der Waals surface area contributed by atoms with E-state index >= 15 is 0 Å². The molecule has 0 bridgehead atoms. The number of halogens is 1. The largest absolute Gasteiger partial charge is 0.482 e. The van der Waals surface area contributed by atoms with Crippen LogP contribution in [0.15, 0.2) is 36.4 Å². The lowest BCUT2D eigenvalue weighted by Gasteiger charge is -2.07. The van der Waals surface area contributed by atoms with Gasteiger partial charge in [-0.15, -0.1) is 11.3 Å². The molecule has 24 heavy (non-hydrogen) atoms. The van der Waals surface area contributed by atoms with Gasteiger partial charge in [0.15, 0.2) is 6.61 Å². The fourth-order valence-electron chi connectivity index (χ4n) is 2.09. The van der Waals surface area contributed by atoms with Crippen LogP contribution in [0.5, 0.6) is 5.75 Å². The number of carbonyl (C=O) groups excluding carboxylic acids is 1. The van der Waals surface area contributed by atoms with E-state index in [9.17, 15) is 9.59 Å². The van der Waals surface area contributed by atoms with E-state index in [1.807, 2.05) is 12.1 Å². The summed E-state index contributed by atoms with van der Waals surface area (Å²) in [5, 5.41) is 11.4. The van der Waals surface area contributed by atoms with Crippen molar-refractivity contribution in [3.63, 3.8) is 0 Å². The Morgan fingerprint density at radius 3 is 2.75 bits per heavy atom. The molecule has 7 heteroatoms. The molecular formula is C17H18ClNO4S. The van der Waals surface area contributed by atoms with Gasteiger partial charge in [0.1, 0.15) is 5.75 Å². The fourth-order valence-corrected chi connectivity index (χ4v) is 3.22. The van der Waals surface area contributed by atoms with Gasteiger partial charge in [-0.1, -0.05) is 17.7 Å². The predicted octanol–water partition coefficient (Wildman–Crippen LogP) is 3.62. The first-order valence-electron chi connectivity index (χ1n) is 7.51. The maximum absolute atomic E-state index is 12.1. The Balaban J connectivity index is 1.71. The van der Waals surface area contributed by atoms with Crippen LogP contribution in [0.25, 0.3) is 0 Å². The number of aryl methyl sites for hydroxylation is 1. The van der Waals surface area contributed by atoms with E-state index in [0.717, 1.165) is 23.6 Å². The Labute approximate surface area is 149 Å². The Hall–Kier alpha value is -2.05. The lowest BCUT2D eigenvalue weighted by molar-refractivity contribution is -0.139. The van der Waals surface area contributed by atoms with Crippen LogP contribution >= 0.6 is 22.9 Å². The van der Waals surface area contributed by atoms with Crippen molar-refractivity contribution < 1.29 is 19.4 Å². The third-order valence-corrected chi connectivity index (χ3v) is 4.51. The number of carbonyl (C=O) groups is 2. The van der Waals surface area contributed by atoms with Crippen LogP contribution in [-0.2, 0) is 11.2 Å². The summed E-state index contributed by atoms with van der Waals surface area (Å²) in [6, 6.07) is 10.4. The van der Waals surface area contributed by atoms with Gasteiger partial charge in [-0.25, -0.2) is 4.79 Å². The number of unbranched alkanes of at least 4 members (excludes halogenated alkanes) is 1. The molecule has 0 saturated carbocycles. The molecule has 128 valence electrons. The zero-order chi connectivity index (χ0) is 17.4. The number of aliphatic carboxylic acids is 1.